The third kappa shape index (κ3) is 2.50. The molecule has 0 aliphatic heterocycles. The summed E-state index contributed by atoms with van der Waals surface area (Å²) < 4.78 is 4.74. The topological polar surface area (TPSA) is 106 Å². The monoisotopic (exact) mass is 282 g/mol. The van der Waals surface area contributed by atoms with E-state index in [9.17, 15) is 20.0 Å². The Morgan fingerprint density at radius 2 is 2.16 bits per heavy atom. The SMILES string of the molecule is O=C(Nc1c(O)cccc1[N+](=O)[O-])c1ccoc1Cl. The zero-order valence-electron chi connectivity index (χ0n) is 9.29. The van der Waals surface area contributed by atoms with E-state index in [4.69, 9.17) is 16.0 Å². The minimum absolute atomic E-state index is 0.0132. The van der Waals surface area contributed by atoms with Crippen molar-refractivity contribution in [1.82, 2.24) is 0 Å². The van der Waals surface area contributed by atoms with Crippen LogP contribution in [0.4, 0.5) is 11.4 Å². The van der Waals surface area contributed by atoms with Gasteiger partial charge in [0.25, 0.3) is 11.6 Å². The molecule has 0 aliphatic carbocycles. The number of carbonyl (C=O) groups is 1. The van der Waals surface area contributed by atoms with Gasteiger partial charge in [-0.15, -0.1) is 0 Å². The van der Waals surface area contributed by atoms with Crippen molar-refractivity contribution in [2.45, 2.75) is 0 Å². The molecule has 0 radical (unpaired) electrons. The summed E-state index contributed by atoms with van der Waals surface area (Å²) in [4.78, 5) is 21.9. The molecule has 1 aromatic carbocycles. The smallest absolute Gasteiger partial charge is 0.296 e. The van der Waals surface area contributed by atoms with Gasteiger partial charge in [-0.1, -0.05) is 6.07 Å². The maximum Gasteiger partial charge on any atom is 0.296 e. The predicted molar refractivity (Wildman–Crippen MR) is 66.4 cm³/mol. The normalized spacial score (nSPS) is 10.2. The molecule has 8 heteroatoms. The van der Waals surface area contributed by atoms with Gasteiger partial charge in [0.1, 0.15) is 5.75 Å². The molecular formula is C11H7ClN2O5. The number of hydrogen-bond donors (Lipinski definition) is 2. The number of carbonyl (C=O) groups excluding carboxylic acids is 1. The highest BCUT2D eigenvalue weighted by Crippen LogP contribution is 2.33. The van der Waals surface area contributed by atoms with Crippen LogP contribution < -0.4 is 5.32 Å². The Labute approximate surface area is 111 Å². The van der Waals surface area contributed by atoms with Crippen molar-refractivity contribution in [3.8, 4) is 5.75 Å². The van der Waals surface area contributed by atoms with Gasteiger partial charge >= 0.3 is 0 Å². The van der Waals surface area contributed by atoms with Crippen LogP contribution in [0.3, 0.4) is 0 Å². The van der Waals surface area contributed by atoms with E-state index < -0.39 is 22.3 Å². The van der Waals surface area contributed by atoms with Gasteiger partial charge in [0.05, 0.1) is 16.7 Å². The van der Waals surface area contributed by atoms with Crippen molar-refractivity contribution in [3.63, 3.8) is 0 Å². The maximum absolute atomic E-state index is 11.8. The summed E-state index contributed by atoms with van der Waals surface area (Å²) in [6.45, 7) is 0. The number of nitrogens with zero attached hydrogens (tertiary/aromatic N) is 1. The first-order valence-electron chi connectivity index (χ1n) is 5.01. The third-order valence-electron chi connectivity index (χ3n) is 2.32. The molecule has 7 nitrogen and oxygen atoms in total. The van der Waals surface area contributed by atoms with Crippen LogP contribution in [0.1, 0.15) is 10.4 Å². The number of furan rings is 1. The lowest BCUT2D eigenvalue weighted by Gasteiger charge is -2.06. The lowest BCUT2D eigenvalue weighted by molar-refractivity contribution is -0.384. The second kappa shape index (κ2) is 4.99. The van der Waals surface area contributed by atoms with E-state index in [0.717, 1.165) is 6.07 Å². The Kier molecular flexibility index (Phi) is 3.39. The van der Waals surface area contributed by atoms with Crippen molar-refractivity contribution < 1.29 is 19.2 Å². The lowest BCUT2D eigenvalue weighted by atomic mass is 10.2. The molecule has 0 saturated heterocycles. The summed E-state index contributed by atoms with van der Waals surface area (Å²) in [7, 11) is 0. The number of halogens is 1. The predicted octanol–water partition coefficient (Wildman–Crippen LogP) is 2.80. The Morgan fingerprint density at radius 3 is 2.74 bits per heavy atom. The number of para-hydroxylation sites is 1. The molecule has 0 fully saturated rings. The minimum atomic E-state index is -0.719. The van der Waals surface area contributed by atoms with Crippen molar-refractivity contribution >= 4 is 28.9 Å². The molecule has 2 aromatic rings. The van der Waals surface area contributed by atoms with Crippen molar-refractivity contribution in [2.75, 3.05) is 5.32 Å². The number of rotatable bonds is 3. The Bertz CT molecular complexity index is 652. The van der Waals surface area contributed by atoms with Crippen LogP contribution in [0.5, 0.6) is 5.75 Å². The van der Waals surface area contributed by atoms with Crippen molar-refractivity contribution in [1.29, 1.82) is 0 Å². The fraction of sp³-hybridized carbons (Fsp3) is 0. The molecule has 19 heavy (non-hydrogen) atoms. The molecule has 0 atom stereocenters. The van der Waals surface area contributed by atoms with E-state index in [2.05, 4.69) is 5.32 Å². The number of hydrogen-bond acceptors (Lipinski definition) is 5. The first-order chi connectivity index (χ1) is 9.00. The van der Waals surface area contributed by atoms with Crippen LogP contribution in [0.2, 0.25) is 5.22 Å². The number of aromatic hydroxyl groups is 1. The van der Waals surface area contributed by atoms with Gasteiger partial charge in [-0.2, -0.15) is 0 Å². The Balaban J connectivity index is 2.36. The number of phenolic OH excluding ortho intramolecular Hbond substituents is 1. The standard InChI is InChI=1S/C11H7ClN2O5/c12-10-6(4-5-19-10)11(16)13-9-7(14(17)18)2-1-3-8(9)15/h1-5,15H,(H,13,16). The van der Waals surface area contributed by atoms with Crippen LogP contribution in [-0.4, -0.2) is 15.9 Å². The van der Waals surface area contributed by atoms with E-state index in [0.29, 0.717) is 0 Å². The third-order valence-corrected chi connectivity index (χ3v) is 2.61. The quantitative estimate of drug-likeness (QED) is 0.511. The summed E-state index contributed by atoms with van der Waals surface area (Å²) in [5.41, 5.74) is -0.707. The molecule has 1 amide bonds. The molecule has 2 N–H and O–H groups in total. The number of nitro groups is 1. The zero-order valence-corrected chi connectivity index (χ0v) is 10.0. The highest BCUT2D eigenvalue weighted by atomic mass is 35.5. The zero-order chi connectivity index (χ0) is 14.0. The van der Waals surface area contributed by atoms with E-state index in [1.807, 2.05) is 0 Å². The summed E-state index contributed by atoms with van der Waals surface area (Å²) >= 11 is 5.62. The molecule has 0 bridgehead atoms. The average molecular weight is 283 g/mol. The van der Waals surface area contributed by atoms with Crippen LogP contribution in [-0.2, 0) is 0 Å². The molecule has 1 aromatic heterocycles. The summed E-state index contributed by atoms with van der Waals surface area (Å²) in [5, 5.41) is 22.5. The van der Waals surface area contributed by atoms with Crippen LogP contribution >= 0.6 is 11.6 Å². The number of amides is 1. The number of anilines is 1. The second-order valence-corrected chi connectivity index (χ2v) is 3.83. The lowest BCUT2D eigenvalue weighted by Crippen LogP contribution is -2.12. The van der Waals surface area contributed by atoms with Crippen LogP contribution in [0.25, 0.3) is 0 Å². The first-order valence-corrected chi connectivity index (χ1v) is 5.39. The van der Waals surface area contributed by atoms with Gasteiger partial charge in [0.2, 0.25) is 5.22 Å². The number of phenols is 1. The largest absolute Gasteiger partial charge is 0.505 e. The number of nitrogens with one attached hydrogen (secondary N) is 1. The fourth-order valence-electron chi connectivity index (χ4n) is 1.45. The molecule has 1 heterocycles. The molecule has 2 rings (SSSR count). The van der Waals surface area contributed by atoms with Gasteiger partial charge in [-0.05, 0) is 23.7 Å². The summed E-state index contributed by atoms with van der Waals surface area (Å²) in [6.07, 6.45) is 1.20. The van der Waals surface area contributed by atoms with Crippen LogP contribution in [0.15, 0.2) is 34.9 Å². The van der Waals surface area contributed by atoms with Crippen LogP contribution in [0, 0.1) is 10.1 Å². The van der Waals surface area contributed by atoms with E-state index in [1.54, 1.807) is 0 Å². The second-order valence-electron chi connectivity index (χ2n) is 3.49. The van der Waals surface area contributed by atoms with Gasteiger partial charge < -0.3 is 14.8 Å². The Hall–Kier alpha value is -2.54. The fourth-order valence-corrected chi connectivity index (χ4v) is 1.65. The van der Waals surface area contributed by atoms with Crippen molar-refractivity contribution in [2.24, 2.45) is 0 Å². The maximum atomic E-state index is 11.8. The number of benzene rings is 1. The number of nitro benzene ring substituents is 1. The molecule has 0 saturated carbocycles. The molecule has 98 valence electrons. The van der Waals surface area contributed by atoms with E-state index >= 15 is 0 Å². The summed E-state index contributed by atoms with van der Waals surface area (Å²) in [6, 6.07) is 4.99. The van der Waals surface area contributed by atoms with Gasteiger partial charge in [-0.3, -0.25) is 14.9 Å². The van der Waals surface area contributed by atoms with Gasteiger partial charge in [0.15, 0.2) is 5.69 Å². The first kappa shape index (κ1) is 12.9. The Morgan fingerprint density at radius 1 is 1.42 bits per heavy atom. The molecule has 0 aliphatic rings. The van der Waals surface area contributed by atoms with Crippen molar-refractivity contribution in [3.05, 3.63) is 51.4 Å². The van der Waals surface area contributed by atoms with E-state index in [-0.39, 0.29) is 16.5 Å². The van der Waals surface area contributed by atoms with Gasteiger partial charge in [0, 0.05) is 6.07 Å². The summed E-state index contributed by atoms with van der Waals surface area (Å²) in [5.74, 6) is -1.13. The van der Waals surface area contributed by atoms with Gasteiger partial charge in [-0.25, -0.2) is 0 Å². The highest BCUT2D eigenvalue weighted by Gasteiger charge is 2.21. The molecule has 0 spiro atoms. The van der Waals surface area contributed by atoms with E-state index in [1.165, 1.54) is 24.5 Å². The molecular weight excluding hydrogens is 276 g/mol. The average Bonchev–Trinajstić information content (AvgIpc) is 2.77. The molecule has 0 unspecified atom stereocenters. The minimum Gasteiger partial charge on any atom is -0.505 e. The highest BCUT2D eigenvalue weighted by molar-refractivity contribution is 6.32.